The zero-order valence-corrected chi connectivity index (χ0v) is 21.8. The highest BCUT2D eigenvalue weighted by molar-refractivity contribution is 4.76. The SMILES string of the molecule is CCCCC(CC)CN1CN(CC(CC)CCCC)CN(CC(CC)CCCC)C1. The largest absolute Gasteiger partial charge is 0.277 e. The van der Waals surface area contributed by atoms with Gasteiger partial charge in [-0.2, -0.15) is 0 Å². The van der Waals surface area contributed by atoms with Crippen molar-refractivity contribution in [1.29, 1.82) is 0 Å². The van der Waals surface area contributed by atoms with Crippen molar-refractivity contribution < 1.29 is 0 Å². The first-order valence-corrected chi connectivity index (χ1v) is 13.8. The highest BCUT2D eigenvalue weighted by Gasteiger charge is 2.27. The van der Waals surface area contributed by atoms with Gasteiger partial charge < -0.3 is 0 Å². The standard InChI is InChI=1S/C27H57N3/c1-7-13-16-25(10-4)19-28-22-29(20-26(11-5)17-14-8-2)24-30(23-28)21-27(12-6)18-15-9-3/h25-27H,7-24H2,1-6H3. The van der Waals surface area contributed by atoms with Crippen LogP contribution in [0.2, 0.25) is 0 Å². The predicted molar refractivity (Wildman–Crippen MR) is 135 cm³/mol. The van der Waals surface area contributed by atoms with Crippen molar-refractivity contribution in [3.63, 3.8) is 0 Å². The van der Waals surface area contributed by atoms with Gasteiger partial charge >= 0.3 is 0 Å². The Kier molecular flexibility index (Phi) is 16.2. The number of hydrogen-bond donors (Lipinski definition) is 0. The highest BCUT2D eigenvalue weighted by Crippen LogP contribution is 2.22. The molecule has 0 N–H and O–H groups in total. The van der Waals surface area contributed by atoms with Crippen LogP contribution in [0.15, 0.2) is 0 Å². The summed E-state index contributed by atoms with van der Waals surface area (Å²) < 4.78 is 0. The fourth-order valence-electron chi connectivity index (χ4n) is 5.18. The summed E-state index contributed by atoms with van der Waals surface area (Å²) in [5.41, 5.74) is 0. The second-order valence-electron chi connectivity index (χ2n) is 10.2. The van der Waals surface area contributed by atoms with Crippen molar-refractivity contribution in [3.05, 3.63) is 0 Å². The molecule has 0 saturated carbocycles. The van der Waals surface area contributed by atoms with Gasteiger partial charge in [0.25, 0.3) is 0 Å². The van der Waals surface area contributed by atoms with Crippen LogP contribution in [0.1, 0.15) is 119 Å². The molecule has 1 aliphatic rings. The van der Waals surface area contributed by atoms with Crippen molar-refractivity contribution in [3.8, 4) is 0 Å². The first kappa shape index (κ1) is 27.9. The van der Waals surface area contributed by atoms with E-state index < -0.39 is 0 Å². The minimum absolute atomic E-state index is 0.871. The van der Waals surface area contributed by atoms with E-state index in [4.69, 9.17) is 0 Å². The van der Waals surface area contributed by atoms with Gasteiger partial charge in [-0.25, -0.2) is 0 Å². The third kappa shape index (κ3) is 11.5. The summed E-state index contributed by atoms with van der Waals surface area (Å²) in [6.07, 6.45) is 16.4. The van der Waals surface area contributed by atoms with Gasteiger partial charge in [-0.3, -0.25) is 14.7 Å². The molecule has 1 saturated heterocycles. The van der Waals surface area contributed by atoms with E-state index in [0.29, 0.717) is 0 Å². The molecule has 0 radical (unpaired) electrons. The fourth-order valence-corrected chi connectivity index (χ4v) is 5.18. The van der Waals surface area contributed by atoms with Gasteiger partial charge in [0.1, 0.15) is 0 Å². The minimum Gasteiger partial charge on any atom is -0.277 e. The van der Waals surface area contributed by atoms with Crippen LogP contribution in [-0.4, -0.2) is 54.3 Å². The molecule has 3 nitrogen and oxygen atoms in total. The fraction of sp³-hybridized carbons (Fsp3) is 1.00. The van der Waals surface area contributed by atoms with E-state index in [-0.39, 0.29) is 0 Å². The lowest BCUT2D eigenvalue weighted by atomic mass is 9.97. The molecule has 1 fully saturated rings. The zero-order valence-electron chi connectivity index (χ0n) is 21.8. The monoisotopic (exact) mass is 423 g/mol. The van der Waals surface area contributed by atoms with Crippen molar-refractivity contribution in [1.82, 2.24) is 14.7 Å². The van der Waals surface area contributed by atoms with Gasteiger partial charge in [0, 0.05) is 19.6 Å². The predicted octanol–water partition coefficient (Wildman–Crippen LogP) is 7.43. The van der Waals surface area contributed by atoms with Gasteiger partial charge in [-0.15, -0.1) is 0 Å². The van der Waals surface area contributed by atoms with E-state index in [0.717, 1.165) is 17.8 Å². The first-order valence-electron chi connectivity index (χ1n) is 13.8. The van der Waals surface area contributed by atoms with Crippen molar-refractivity contribution >= 4 is 0 Å². The first-order chi connectivity index (χ1) is 14.6. The van der Waals surface area contributed by atoms with Gasteiger partial charge in [-0.1, -0.05) is 99.3 Å². The van der Waals surface area contributed by atoms with E-state index in [9.17, 15) is 0 Å². The highest BCUT2D eigenvalue weighted by atomic mass is 15.5. The van der Waals surface area contributed by atoms with Crippen molar-refractivity contribution in [2.75, 3.05) is 39.6 Å². The lowest BCUT2D eigenvalue weighted by Crippen LogP contribution is -2.57. The van der Waals surface area contributed by atoms with E-state index in [2.05, 4.69) is 56.2 Å². The molecule has 0 amide bonds. The molecule has 1 aliphatic heterocycles. The van der Waals surface area contributed by atoms with E-state index in [1.165, 1.54) is 117 Å². The zero-order chi connectivity index (χ0) is 22.2. The molecule has 0 aromatic rings. The summed E-state index contributed by atoms with van der Waals surface area (Å²) in [6, 6.07) is 0. The number of hydrogen-bond acceptors (Lipinski definition) is 3. The molecule has 0 bridgehead atoms. The lowest BCUT2D eigenvalue weighted by Gasteiger charge is -2.45. The second-order valence-corrected chi connectivity index (χ2v) is 10.2. The van der Waals surface area contributed by atoms with Crippen LogP contribution in [0.4, 0.5) is 0 Å². The topological polar surface area (TPSA) is 9.72 Å². The molecule has 3 atom stereocenters. The number of unbranched alkanes of at least 4 members (excludes halogenated alkanes) is 3. The van der Waals surface area contributed by atoms with Gasteiger partial charge in [0.15, 0.2) is 0 Å². The summed E-state index contributed by atoms with van der Waals surface area (Å²) in [5, 5.41) is 0. The van der Waals surface area contributed by atoms with Gasteiger partial charge in [0.2, 0.25) is 0 Å². The van der Waals surface area contributed by atoms with Crippen LogP contribution in [0.5, 0.6) is 0 Å². The van der Waals surface area contributed by atoms with Gasteiger partial charge in [-0.05, 0) is 37.0 Å². The average molecular weight is 424 g/mol. The Bertz CT molecular complexity index is 323. The summed E-state index contributed by atoms with van der Waals surface area (Å²) in [4.78, 5) is 8.35. The molecule has 0 aromatic carbocycles. The third-order valence-electron chi connectivity index (χ3n) is 7.38. The average Bonchev–Trinajstić information content (AvgIpc) is 2.76. The molecule has 1 heterocycles. The van der Waals surface area contributed by atoms with E-state index in [1.54, 1.807) is 0 Å². The van der Waals surface area contributed by atoms with Crippen LogP contribution in [-0.2, 0) is 0 Å². The van der Waals surface area contributed by atoms with Crippen LogP contribution < -0.4 is 0 Å². The molecule has 180 valence electrons. The Labute approximate surface area is 191 Å². The normalized spacial score (nSPS) is 19.8. The van der Waals surface area contributed by atoms with E-state index in [1.807, 2.05) is 0 Å². The van der Waals surface area contributed by atoms with Crippen LogP contribution in [0, 0.1) is 17.8 Å². The molecule has 3 heteroatoms. The van der Waals surface area contributed by atoms with Crippen LogP contribution in [0.3, 0.4) is 0 Å². The summed E-state index contributed by atoms with van der Waals surface area (Å²) in [6.45, 7) is 21.6. The summed E-state index contributed by atoms with van der Waals surface area (Å²) >= 11 is 0. The molecule has 30 heavy (non-hydrogen) atoms. The quantitative estimate of drug-likeness (QED) is 0.227. The van der Waals surface area contributed by atoms with Crippen LogP contribution in [0.25, 0.3) is 0 Å². The summed E-state index contributed by atoms with van der Waals surface area (Å²) in [7, 11) is 0. The number of rotatable bonds is 18. The Morgan fingerprint density at radius 2 is 0.733 bits per heavy atom. The maximum atomic E-state index is 2.78. The summed E-state index contributed by atoms with van der Waals surface area (Å²) in [5.74, 6) is 2.61. The molecule has 3 unspecified atom stereocenters. The smallest absolute Gasteiger partial charge is 0.0530 e. The van der Waals surface area contributed by atoms with Crippen LogP contribution >= 0.6 is 0 Å². The van der Waals surface area contributed by atoms with Gasteiger partial charge in [0.05, 0.1) is 20.0 Å². The Balaban J connectivity index is 2.75. The molecule has 0 aliphatic carbocycles. The molecular weight excluding hydrogens is 366 g/mol. The third-order valence-corrected chi connectivity index (χ3v) is 7.38. The maximum absolute atomic E-state index is 2.78. The van der Waals surface area contributed by atoms with Crippen molar-refractivity contribution in [2.45, 2.75) is 119 Å². The molecule has 0 spiro atoms. The second kappa shape index (κ2) is 17.4. The van der Waals surface area contributed by atoms with Crippen molar-refractivity contribution in [2.24, 2.45) is 17.8 Å². The number of nitrogens with zero attached hydrogens (tertiary/aromatic N) is 3. The lowest BCUT2D eigenvalue weighted by molar-refractivity contribution is -0.0501. The molecule has 0 aromatic heterocycles. The Morgan fingerprint density at radius 3 is 0.933 bits per heavy atom. The maximum Gasteiger partial charge on any atom is 0.0530 e. The Hall–Kier alpha value is -0.120. The minimum atomic E-state index is 0.871. The molecule has 1 rings (SSSR count). The molecular formula is C27H57N3. The van der Waals surface area contributed by atoms with E-state index >= 15 is 0 Å². The Morgan fingerprint density at radius 1 is 0.467 bits per heavy atom.